The van der Waals surface area contributed by atoms with E-state index in [1.807, 2.05) is 0 Å². The summed E-state index contributed by atoms with van der Waals surface area (Å²) in [6.07, 6.45) is -7.90. The monoisotopic (exact) mass is 259 g/mol. The summed E-state index contributed by atoms with van der Waals surface area (Å²) in [4.78, 5) is 11.8. The fraction of sp³-hybridized carbons (Fsp3) is 0.846. The molecule has 2 N–H and O–H groups in total. The molecule has 0 spiro atoms. The van der Waals surface area contributed by atoms with Gasteiger partial charge < -0.3 is 15.2 Å². The minimum Gasteiger partial charge on any atom is -0.444 e. The standard InChI is InChI=1S/C13H22N2O3/c1-13(2,3)18-12(17)15-10(11(16)8-14)7-9-5-4-6-9/h9-11,16H,4-7H2,1-3H3,(H,15,17)/i5D2,6D2,9D. The maximum absolute atomic E-state index is 11.8. The first kappa shape index (κ1) is 8.76. The fourth-order valence-electron chi connectivity index (χ4n) is 1.37. The molecule has 5 nitrogen and oxygen atoms in total. The van der Waals surface area contributed by atoms with Crippen LogP contribution in [0.2, 0.25) is 0 Å². The summed E-state index contributed by atoms with van der Waals surface area (Å²) in [6.45, 7) is 4.87. The van der Waals surface area contributed by atoms with E-state index in [9.17, 15) is 9.90 Å². The van der Waals surface area contributed by atoms with Gasteiger partial charge in [0.05, 0.1) is 12.1 Å². The summed E-state index contributed by atoms with van der Waals surface area (Å²) in [5.41, 5.74) is -0.815. The molecule has 1 rings (SSSR count). The Kier molecular flexibility index (Phi) is 2.95. The largest absolute Gasteiger partial charge is 0.444 e. The van der Waals surface area contributed by atoms with Crippen LogP contribution in [-0.4, -0.2) is 28.9 Å². The van der Waals surface area contributed by atoms with Gasteiger partial charge >= 0.3 is 6.09 Å². The molecule has 0 aromatic carbocycles. The molecule has 1 amide bonds. The number of rotatable bonds is 4. The molecule has 1 saturated carbocycles. The Morgan fingerprint density at radius 2 is 2.33 bits per heavy atom. The summed E-state index contributed by atoms with van der Waals surface area (Å²) in [5.74, 6) is -2.18. The minimum atomic E-state index is -2.18. The van der Waals surface area contributed by atoms with E-state index >= 15 is 0 Å². The Balaban J connectivity index is 2.93. The van der Waals surface area contributed by atoms with E-state index in [4.69, 9.17) is 16.9 Å². The number of nitrogens with zero attached hydrogens (tertiary/aromatic N) is 1. The van der Waals surface area contributed by atoms with Crippen LogP contribution < -0.4 is 5.32 Å². The van der Waals surface area contributed by atoms with Crippen LogP contribution in [0.5, 0.6) is 0 Å². The number of alkyl carbamates (subject to hydrolysis) is 1. The first-order valence-electron chi connectivity index (χ1n) is 8.22. The third-order valence-electron chi connectivity index (χ3n) is 2.24. The molecule has 0 saturated heterocycles. The van der Waals surface area contributed by atoms with Crippen LogP contribution in [0.4, 0.5) is 4.79 Å². The normalized spacial score (nSPS) is 30.7. The molecular weight excluding hydrogens is 232 g/mol. The van der Waals surface area contributed by atoms with E-state index in [-0.39, 0.29) is 0 Å². The molecule has 2 unspecified atom stereocenters. The highest BCUT2D eigenvalue weighted by Gasteiger charge is 2.29. The van der Waals surface area contributed by atoms with Gasteiger partial charge in [-0.3, -0.25) is 0 Å². The van der Waals surface area contributed by atoms with Gasteiger partial charge in [-0.2, -0.15) is 5.26 Å². The zero-order chi connectivity index (χ0) is 18.3. The molecule has 0 aliphatic heterocycles. The number of hydrogen-bond donors (Lipinski definition) is 2. The van der Waals surface area contributed by atoms with Crippen LogP contribution in [0.25, 0.3) is 0 Å². The molecule has 0 bridgehead atoms. The predicted molar refractivity (Wildman–Crippen MR) is 66.7 cm³/mol. The second kappa shape index (κ2) is 6.05. The van der Waals surface area contributed by atoms with Crippen molar-refractivity contribution in [1.29, 1.82) is 5.26 Å². The summed E-state index contributed by atoms with van der Waals surface area (Å²) >= 11 is 0. The van der Waals surface area contributed by atoms with Crippen molar-refractivity contribution in [3.05, 3.63) is 0 Å². The van der Waals surface area contributed by atoms with Crippen molar-refractivity contribution in [2.75, 3.05) is 0 Å². The van der Waals surface area contributed by atoms with E-state index in [0.717, 1.165) is 0 Å². The third-order valence-corrected chi connectivity index (χ3v) is 2.24. The molecule has 102 valence electrons. The molecule has 1 aliphatic carbocycles. The molecular formula is C13H22N2O3. The van der Waals surface area contributed by atoms with Gasteiger partial charge in [0.2, 0.25) is 0 Å². The molecule has 0 radical (unpaired) electrons. The van der Waals surface area contributed by atoms with Crippen molar-refractivity contribution >= 4 is 6.09 Å². The lowest BCUT2D eigenvalue weighted by Crippen LogP contribution is -2.46. The van der Waals surface area contributed by atoms with Crippen LogP contribution in [0.3, 0.4) is 0 Å². The van der Waals surface area contributed by atoms with E-state index in [1.165, 1.54) is 6.07 Å². The second-order valence-corrected chi connectivity index (χ2v) is 5.04. The quantitative estimate of drug-likeness (QED) is 0.756. The van der Waals surface area contributed by atoms with E-state index in [0.29, 0.717) is 0 Å². The highest BCUT2D eigenvalue weighted by atomic mass is 16.6. The van der Waals surface area contributed by atoms with Crippen LogP contribution in [0.1, 0.15) is 53.2 Å². The highest BCUT2D eigenvalue weighted by Crippen LogP contribution is 2.31. The molecule has 0 heterocycles. The number of amides is 1. The molecule has 5 heteroatoms. The van der Waals surface area contributed by atoms with Crippen molar-refractivity contribution in [2.45, 2.75) is 64.1 Å². The lowest BCUT2D eigenvalue weighted by Gasteiger charge is -2.31. The smallest absolute Gasteiger partial charge is 0.407 e. The van der Waals surface area contributed by atoms with Crippen molar-refractivity contribution in [2.24, 2.45) is 5.89 Å². The lowest BCUT2D eigenvalue weighted by atomic mass is 9.80. The van der Waals surface area contributed by atoms with Gasteiger partial charge in [0, 0.05) is 6.85 Å². The van der Waals surface area contributed by atoms with Gasteiger partial charge in [-0.25, -0.2) is 4.79 Å². The van der Waals surface area contributed by atoms with Gasteiger partial charge in [0.15, 0.2) is 6.10 Å². The minimum absolute atomic E-state index is 0.453. The number of ether oxygens (including phenoxy) is 1. The summed E-state index contributed by atoms with van der Waals surface area (Å²) in [7, 11) is 0. The first-order valence-corrected chi connectivity index (χ1v) is 5.72. The van der Waals surface area contributed by atoms with E-state index < -0.39 is 55.3 Å². The SMILES string of the molecule is [2H]C1([2H])CC([2H])([2H])C1([2H])CC(NC(=O)OC(C)(C)C)C(O)C#N. The number of carbonyl (C=O) groups is 1. The summed E-state index contributed by atoms with van der Waals surface area (Å²) in [6, 6.07) is 0.194. The van der Waals surface area contributed by atoms with Gasteiger partial charge in [-0.15, -0.1) is 0 Å². The van der Waals surface area contributed by atoms with Crippen molar-refractivity contribution in [3.63, 3.8) is 0 Å². The lowest BCUT2D eigenvalue weighted by molar-refractivity contribution is 0.0432. The zero-order valence-corrected chi connectivity index (χ0v) is 10.8. The molecule has 1 fully saturated rings. The predicted octanol–water partition coefficient (Wildman–Crippen LogP) is 1.95. The topological polar surface area (TPSA) is 82.3 Å². The number of nitriles is 1. The number of nitrogens with one attached hydrogen (secondary N) is 1. The molecule has 18 heavy (non-hydrogen) atoms. The number of aliphatic hydroxyl groups is 1. The molecule has 2 atom stereocenters. The average molecular weight is 259 g/mol. The van der Waals surface area contributed by atoms with Crippen LogP contribution in [0, 0.1) is 17.2 Å². The van der Waals surface area contributed by atoms with Crippen molar-refractivity contribution in [1.82, 2.24) is 5.32 Å². The van der Waals surface area contributed by atoms with Gasteiger partial charge in [-0.1, -0.05) is 19.2 Å². The number of carbonyl (C=O) groups excluding carboxylic acids is 1. The van der Waals surface area contributed by atoms with E-state index in [2.05, 4.69) is 5.32 Å². The van der Waals surface area contributed by atoms with Crippen LogP contribution in [-0.2, 0) is 4.74 Å². The third kappa shape index (κ3) is 4.92. The Morgan fingerprint density at radius 1 is 1.72 bits per heavy atom. The Bertz CT molecular complexity index is 499. The van der Waals surface area contributed by atoms with Crippen molar-refractivity contribution in [3.8, 4) is 6.07 Å². The van der Waals surface area contributed by atoms with E-state index in [1.54, 1.807) is 20.8 Å². The zero-order valence-electron chi connectivity index (χ0n) is 15.8. The Labute approximate surface area is 115 Å². The van der Waals surface area contributed by atoms with Gasteiger partial charge in [-0.05, 0) is 33.1 Å². The summed E-state index contributed by atoms with van der Waals surface area (Å²) in [5, 5.41) is 20.8. The van der Waals surface area contributed by atoms with Crippen LogP contribution >= 0.6 is 0 Å². The van der Waals surface area contributed by atoms with Crippen molar-refractivity contribution < 1.29 is 21.5 Å². The Hall–Kier alpha value is -1.28. The first-order chi connectivity index (χ1) is 10.2. The second-order valence-electron chi connectivity index (χ2n) is 5.04. The molecule has 1 aliphatic rings. The van der Waals surface area contributed by atoms with Crippen LogP contribution in [0.15, 0.2) is 0 Å². The number of hydrogen-bond acceptors (Lipinski definition) is 4. The average Bonchev–Trinajstić information content (AvgIpc) is 2.32. The Morgan fingerprint density at radius 3 is 2.78 bits per heavy atom. The highest BCUT2D eigenvalue weighted by molar-refractivity contribution is 5.68. The maximum Gasteiger partial charge on any atom is 0.407 e. The number of aliphatic hydroxyl groups excluding tert-OH is 1. The molecule has 0 aromatic heterocycles. The summed E-state index contributed by atoms with van der Waals surface area (Å²) < 4.78 is 44.0. The molecule has 0 aromatic rings. The van der Waals surface area contributed by atoms with Gasteiger partial charge in [0.1, 0.15) is 5.60 Å². The maximum atomic E-state index is 11.8. The fourth-order valence-corrected chi connectivity index (χ4v) is 1.37. The van der Waals surface area contributed by atoms with Gasteiger partial charge in [0.25, 0.3) is 0 Å².